The molecule has 7 heteroatoms. The molecular weight excluding hydrogens is 314 g/mol. The summed E-state index contributed by atoms with van der Waals surface area (Å²) in [6, 6.07) is 6.35. The molecule has 5 nitrogen and oxygen atoms in total. The van der Waals surface area contributed by atoms with Crippen LogP contribution in [0.1, 0.15) is 25.6 Å². The summed E-state index contributed by atoms with van der Waals surface area (Å²) in [4.78, 5) is 36.5. The molecule has 2 heterocycles. The van der Waals surface area contributed by atoms with E-state index in [0.29, 0.717) is 16.3 Å². The van der Waals surface area contributed by atoms with Gasteiger partial charge in [0.15, 0.2) is 0 Å². The van der Waals surface area contributed by atoms with Crippen molar-refractivity contribution < 1.29 is 19.5 Å². The lowest BCUT2D eigenvalue weighted by Crippen LogP contribution is -2.29. The molecule has 0 aliphatic carbocycles. The Morgan fingerprint density at radius 1 is 1.29 bits per heavy atom. The number of thiophene rings is 1. The van der Waals surface area contributed by atoms with E-state index in [0.717, 1.165) is 11.3 Å². The minimum Gasteiger partial charge on any atom is -0.477 e. The van der Waals surface area contributed by atoms with Crippen LogP contribution in [-0.2, 0) is 11.3 Å². The van der Waals surface area contributed by atoms with Crippen molar-refractivity contribution in [1.29, 1.82) is 0 Å². The molecule has 1 aliphatic rings. The molecule has 1 aliphatic heterocycles. The monoisotopic (exact) mass is 321 g/mol. The maximum atomic E-state index is 12.1. The summed E-state index contributed by atoms with van der Waals surface area (Å²) in [6.45, 7) is 0.00639. The largest absolute Gasteiger partial charge is 0.477 e. The number of hydrogen-bond acceptors (Lipinski definition) is 4. The van der Waals surface area contributed by atoms with Crippen LogP contribution in [0.5, 0.6) is 0 Å². The zero-order chi connectivity index (χ0) is 15.1. The summed E-state index contributed by atoms with van der Waals surface area (Å²) in [5, 5.41) is 11.0. The molecule has 1 N–H and O–H groups in total. The fourth-order valence-corrected chi connectivity index (χ4v) is 3.31. The van der Waals surface area contributed by atoms with Gasteiger partial charge in [-0.05, 0) is 29.1 Å². The Balaban J connectivity index is 2.05. The third kappa shape index (κ3) is 2.12. The van der Waals surface area contributed by atoms with Gasteiger partial charge in [-0.2, -0.15) is 0 Å². The molecule has 0 atom stereocenters. The van der Waals surface area contributed by atoms with Gasteiger partial charge in [-0.15, -0.1) is 11.3 Å². The van der Waals surface area contributed by atoms with Gasteiger partial charge in [0.25, 0.3) is 11.7 Å². The van der Waals surface area contributed by atoms with Gasteiger partial charge in [-0.25, -0.2) is 4.79 Å². The van der Waals surface area contributed by atoms with Gasteiger partial charge in [0, 0.05) is 0 Å². The number of benzene rings is 1. The SMILES string of the molecule is O=C1C(=O)N(Cc2ccsc2C(=O)O)c2c(Cl)cccc21. The number of para-hydroxylation sites is 1. The number of amides is 1. The third-order valence-electron chi connectivity index (χ3n) is 3.21. The van der Waals surface area contributed by atoms with Crippen molar-refractivity contribution in [3.05, 3.63) is 50.7 Å². The van der Waals surface area contributed by atoms with E-state index in [9.17, 15) is 14.4 Å². The van der Waals surface area contributed by atoms with Gasteiger partial charge in [0.2, 0.25) is 0 Å². The fraction of sp³-hybridized carbons (Fsp3) is 0.0714. The summed E-state index contributed by atoms with van der Waals surface area (Å²) in [5.41, 5.74) is 1.07. The lowest BCUT2D eigenvalue weighted by atomic mass is 10.1. The van der Waals surface area contributed by atoms with E-state index in [1.807, 2.05) is 0 Å². The highest BCUT2D eigenvalue weighted by atomic mass is 35.5. The van der Waals surface area contributed by atoms with Crippen LogP contribution >= 0.6 is 22.9 Å². The number of ketones is 1. The molecule has 1 aromatic carbocycles. The number of carboxylic acid groups (broad SMARTS) is 1. The molecule has 3 rings (SSSR count). The highest BCUT2D eigenvalue weighted by molar-refractivity contribution is 7.12. The van der Waals surface area contributed by atoms with Crippen LogP contribution in [0.3, 0.4) is 0 Å². The number of nitrogens with zero attached hydrogens (tertiary/aromatic N) is 1. The Bertz CT molecular complexity index is 783. The van der Waals surface area contributed by atoms with E-state index in [2.05, 4.69) is 0 Å². The summed E-state index contributed by atoms with van der Waals surface area (Å²) in [7, 11) is 0. The second kappa shape index (κ2) is 4.98. The molecule has 106 valence electrons. The van der Waals surface area contributed by atoms with Crippen molar-refractivity contribution in [1.82, 2.24) is 0 Å². The van der Waals surface area contributed by atoms with Crippen molar-refractivity contribution in [3.8, 4) is 0 Å². The van der Waals surface area contributed by atoms with Crippen LogP contribution < -0.4 is 4.90 Å². The molecule has 0 bridgehead atoms. The maximum Gasteiger partial charge on any atom is 0.346 e. The number of hydrogen-bond donors (Lipinski definition) is 1. The molecule has 1 amide bonds. The first kappa shape index (κ1) is 13.8. The Morgan fingerprint density at radius 2 is 2.05 bits per heavy atom. The molecule has 0 unspecified atom stereocenters. The van der Waals surface area contributed by atoms with Crippen LogP contribution in [0.4, 0.5) is 5.69 Å². The molecule has 2 aromatic rings. The average molecular weight is 322 g/mol. The summed E-state index contributed by atoms with van der Waals surface area (Å²) >= 11 is 7.15. The standard InChI is InChI=1S/C14H8ClNO4S/c15-9-3-1-2-8-10(9)16(13(18)11(8)17)6-7-4-5-21-12(7)14(19)20/h1-5H,6H2,(H,19,20). The Hall–Kier alpha value is -2.18. The second-order valence-electron chi connectivity index (χ2n) is 4.44. The number of anilines is 1. The number of aromatic carboxylic acids is 1. The molecular formula is C14H8ClNO4S. The molecule has 0 radical (unpaired) electrons. The van der Waals surface area contributed by atoms with Crippen LogP contribution in [0.25, 0.3) is 0 Å². The van der Waals surface area contributed by atoms with Gasteiger partial charge in [-0.1, -0.05) is 17.7 Å². The van der Waals surface area contributed by atoms with Gasteiger partial charge in [0.1, 0.15) is 4.88 Å². The Kier molecular flexibility index (Phi) is 3.27. The van der Waals surface area contributed by atoms with E-state index in [1.165, 1.54) is 11.0 Å². The molecule has 21 heavy (non-hydrogen) atoms. The second-order valence-corrected chi connectivity index (χ2v) is 5.76. The summed E-state index contributed by atoms with van der Waals surface area (Å²) in [6.07, 6.45) is 0. The van der Waals surface area contributed by atoms with Crippen molar-refractivity contribution in [2.24, 2.45) is 0 Å². The van der Waals surface area contributed by atoms with Crippen molar-refractivity contribution in [2.75, 3.05) is 4.90 Å². The maximum absolute atomic E-state index is 12.1. The molecule has 1 aromatic heterocycles. The van der Waals surface area contributed by atoms with Crippen LogP contribution in [-0.4, -0.2) is 22.8 Å². The minimum absolute atomic E-state index is 0.00639. The molecule has 0 spiro atoms. The zero-order valence-electron chi connectivity index (χ0n) is 10.5. The lowest BCUT2D eigenvalue weighted by molar-refractivity contribution is -0.114. The van der Waals surface area contributed by atoms with Crippen molar-refractivity contribution in [3.63, 3.8) is 0 Å². The van der Waals surface area contributed by atoms with E-state index in [-0.39, 0.29) is 17.0 Å². The zero-order valence-corrected chi connectivity index (χ0v) is 12.1. The van der Waals surface area contributed by atoms with E-state index < -0.39 is 17.7 Å². The number of halogens is 1. The minimum atomic E-state index is -1.06. The van der Waals surface area contributed by atoms with Crippen LogP contribution in [0.2, 0.25) is 5.02 Å². The normalized spacial score (nSPS) is 13.7. The first-order valence-electron chi connectivity index (χ1n) is 5.95. The molecule has 0 saturated heterocycles. The van der Waals surface area contributed by atoms with Crippen molar-refractivity contribution >= 4 is 46.3 Å². The van der Waals surface area contributed by atoms with Gasteiger partial charge in [-0.3, -0.25) is 14.5 Å². The van der Waals surface area contributed by atoms with Gasteiger partial charge >= 0.3 is 5.97 Å². The van der Waals surface area contributed by atoms with Crippen LogP contribution in [0.15, 0.2) is 29.6 Å². The molecule has 0 saturated carbocycles. The third-order valence-corrected chi connectivity index (χ3v) is 4.46. The Labute approximate surface area is 128 Å². The van der Waals surface area contributed by atoms with E-state index >= 15 is 0 Å². The average Bonchev–Trinajstić information content (AvgIpc) is 2.99. The quantitative estimate of drug-likeness (QED) is 0.882. The summed E-state index contributed by atoms with van der Waals surface area (Å²) in [5.74, 6) is -2.38. The lowest BCUT2D eigenvalue weighted by Gasteiger charge is -2.17. The van der Waals surface area contributed by atoms with E-state index in [1.54, 1.807) is 23.6 Å². The number of fused-ring (bicyclic) bond motifs is 1. The number of Topliss-reactive ketones (excluding diaryl/α,β-unsaturated/α-hetero) is 1. The number of carbonyl (C=O) groups is 3. The number of carboxylic acids is 1. The van der Waals surface area contributed by atoms with Crippen LogP contribution in [0, 0.1) is 0 Å². The first-order chi connectivity index (χ1) is 10.0. The highest BCUT2D eigenvalue weighted by Gasteiger charge is 2.37. The Morgan fingerprint density at radius 3 is 2.76 bits per heavy atom. The van der Waals surface area contributed by atoms with Crippen molar-refractivity contribution in [2.45, 2.75) is 6.54 Å². The molecule has 0 fully saturated rings. The number of rotatable bonds is 3. The highest BCUT2D eigenvalue weighted by Crippen LogP contribution is 2.37. The number of carbonyl (C=O) groups excluding carboxylic acids is 2. The van der Waals surface area contributed by atoms with E-state index in [4.69, 9.17) is 16.7 Å². The first-order valence-corrected chi connectivity index (χ1v) is 7.21. The predicted octanol–water partition coefficient (Wildman–Crippen LogP) is 2.83. The topological polar surface area (TPSA) is 74.7 Å². The van der Waals surface area contributed by atoms with Gasteiger partial charge < -0.3 is 5.11 Å². The summed E-state index contributed by atoms with van der Waals surface area (Å²) < 4.78 is 0. The fourth-order valence-electron chi connectivity index (χ4n) is 2.28. The predicted molar refractivity (Wildman–Crippen MR) is 78.3 cm³/mol. The van der Waals surface area contributed by atoms with Gasteiger partial charge in [0.05, 0.1) is 22.8 Å². The smallest absolute Gasteiger partial charge is 0.346 e.